The smallest absolute Gasteiger partial charge is 0.224 e. The molecule has 1 saturated heterocycles. The maximum absolute atomic E-state index is 11.2. The van der Waals surface area contributed by atoms with Crippen molar-refractivity contribution in [3.05, 3.63) is 0 Å². The molecule has 0 aromatic carbocycles. The fourth-order valence-electron chi connectivity index (χ4n) is 2.27. The molecule has 1 heterocycles. The fraction of sp³-hybridized carbons (Fsp3) is 0.875. The van der Waals surface area contributed by atoms with E-state index in [9.17, 15) is 4.79 Å². The van der Waals surface area contributed by atoms with Gasteiger partial charge < -0.3 is 15.2 Å². The molecular weight excluding hydrogens is 158 g/mol. The van der Waals surface area contributed by atoms with Crippen molar-refractivity contribution < 1.29 is 14.6 Å². The highest BCUT2D eigenvalue weighted by Gasteiger charge is 2.62. The highest BCUT2D eigenvalue weighted by molar-refractivity contribution is 5.85. The maximum atomic E-state index is 11.2. The molecule has 2 aliphatic rings. The number of hydrogen-bond donors (Lipinski definition) is 2. The summed E-state index contributed by atoms with van der Waals surface area (Å²) in [4.78, 5) is 11.2. The SMILES string of the molecule is COC[C@H]1C2C(=O)N[C@H](CO)[C@H]21. The number of nitrogens with one attached hydrogen (secondary N) is 1. The quantitative estimate of drug-likeness (QED) is 0.571. The third-order valence-corrected chi connectivity index (χ3v) is 2.88. The lowest BCUT2D eigenvalue weighted by atomic mass is 10.2. The van der Waals surface area contributed by atoms with E-state index in [2.05, 4.69) is 5.32 Å². The molecule has 4 atom stereocenters. The molecule has 0 radical (unpaired) electrons. The first-order valence-corrected chi connectivity index (χ1v) is 4.19. The van der Waals surface area contributed by atoms with Crippen molar-refractivity contribution in [1.29, 1.82) is 0 Å². The van der Waals surface area contributed by atoms with Crippen LogP contribution in [-0.4, -0.2) is 37.4 Å². The summed E-state index contributed by atoms with van der Waals surface area (Å²) in [5.74, 6) is 0.867. The zero-order valence-corrected chi connectivity index (χ0v) is 6.99. The molecule has 1 amide bonds. The summed E-state index contributed by atoms with van der Waals surface area (Å²) in [5.41, 5.74) is 0. The van der Waals surface area contributed by atoms with E-state index in [4.69, 9.17) is 9.84 Å². The molecule has 0 spiro atoms. The van der Waals surface area contributed by atoms with Crippen LogP contribution in [0.2, 0.25) is 0 Å². The molecule has 4 heteroatoms. The summed E-state index contributed by atoms with van der Waals surface area (Å²) < 4.78 is 4.98. The van der Waals surface area contributed by atoms with Gasteiger partial charge in [-0.1, -0.05) is 0 Å². The topological polar surface area (TPSA) is 58.6 Å². The third-order valence-electron chi connectivity index (χ3n) is 2.88. The molecule has 1 saturated carbocycles. The summed E-state index contributed by atoms with van der Waals surface area (Å²) in [6, 6.07) is -0.0253. The van der Waals surface area contributed by atoms with Gasteiger partial charge in [0.2, 0.25) is 5.91 Å². The Morgan fingerprint density at radius 3 is 3.00 bits per heavy atom. The molecule has 0 aromatic rings. The number of piperidine rings is 1. The summed E-state index contributed by atoms with van der Waals surface area (Å²) in [6.45, 7) is 0.687. The van der Waals surface area contributed by atoms with Crippen LogP contribution in [0.1, 0.15) is 0 Å². The Morgan fingerprint density at radius 1 is 1.67 bits per heavy atom. The molecule has 2 fully saturated rings. The Bertz CT molecular complexity index is 206. The van der Waals surface area contributed by atoms with Crippen LogP contribution >= 0.6 is 0 Å². The first-order valence-electron chi connectivity index (χ1n) is 4.19. The summed E-state index contributed by atoms with van der Waals surface area (Å²) in [5, 5.41) is 11.7. The molecule has 2 rings (SSSR count). The molecule has 2 N–H and O–H groups in total. The van der Waals surface area contributed by atoms with Crippen molar-refractivity contribution >= 4 is 5.91 Å². The molecule has 1 aliphatic carbocycles. The summed E-state index contributed by atoms with van der Waals surface area (Å²) in [7, 11) is 1.64. The minimum atomic E-state index is -0.0253. The number of aliphatic hydroxyl groups excluding tert-OH is 1. The van der Waals surface area contributed by atoms with Crippen molar-refractivity contribution in [2.75, 3.05) is 20.3 Å². The van der Waals surface area contributed by atoms with Gasteiger partial charge in [0.05, 0.1) is 19.3 Å². The molecule has 4 nitrogen and oxygen atoms in total. The lowest BCUT2D eigenvalue weighted by Crippen LogP contribution is -2.35. The number of carbonyl (C=O) groups excluding carboxylic acids is 1. The Hall–Kier alpha value is -0.610. The second kappa shape index (κ2) is 2.71. The van der Waals surface area contributed by atoms with Gasteiger partial charge in [-0.15, -0.1) is 0 Å². The van der Waals surface area contributed by atoms with Crippen LogP contribution in [0.4, 0.5) is 0 Å². The van der Waals surface area contributed by atoms with Gasteiger partial charge >= 0.3 is 0 Å². The number of methoxy groups -OCH3 is 1. The van der Waals surface area contributed by atoms with Gasteiger partial charge in [0.25, 0.3) is 0 Å². The predicted octanol–water partition coefficient (Wildman–Crippen LogP) is -1.01. The average Bonchev–Trinajstić information content (AvgIpc) is 2.64. The van der Waals surface area contributed by atoms with Gasteiger partial charge in [-0.3, -0.25) is 4.79 Å². The largest absolute Gasteiger partial charge is 0.394 e. The van der Waals surface area contributed by atoms with E-state index >= 15 is 0 Å². The monoisotopic (exact) mass is 171 g/mol. The fourth-order valence-corrected chi connectivity index (χ4v) is 2.27. The lowest BCUT2D eigenvalue weighted by molar-refractivity contribution is -0.122. The molecule has 1 unspecified atom stereocenters. The third kappa shape index (κ3) is 0.949. The van der Waals surface area contributed by atoms with Crippen molar-refractivity contribution in [2.24, 2.45) is 17.8 Å². The Labute approximate surface area is 70.9 Å². The molecule has 0 bridgehead atoms. The molecule has 68 valence electrons. The summed E-state index contributed by atoms with van der Waals surface area (Å²) >= 11 is 0. The highest BCUT2D eigenvalue weighted by atomic mass is 16.5. The maximum Gasteiger partial charge on any atom is 0.224 e. The minimum Gasteiger partial charge on any atom is -0.394 e. The zero-order chi connectivity index (χ0) is 8.72. The number of hydrogen-bond acceptors (Lipinski definition) is 3. The van der Waals surface area contributed by atoms with Gasteiger partial charge in [-0.2, -0.15) is 0 Å². The number of ether oxygens (including phenoxy) is 1. The minimum absolute atomic E-state index is 0.0253. The number of aliphatic hydroxyl groups is 1. The Kier molecular flexibility index (Phi) is 1.81. The van der Waals surface area contributed by atoms with Gasteiger partial charge in [-0.05, 0) is 11.8 Å². The lowest BCUT2D eigenvalue weighted by Gasteiger charge is -2.11. The predicted molar refractivity (Wildman–Crippen MR) is 41.4 cm³/mol. The van der Waals surface area contributed by atoms with E-state index < -0.39 is 0 Å². The Morgan fingerprint density at radius 2 is 2.42 bits per heavy atom. The van der Waals surface area contributed by atoms with Crippen LogP contribution in [0.25, 0.3) is 0 Å². The normalized spacial score (nSPS) is 44.0. The number of carbonyl (C=O) groups is 1. The van der Waals surface area contributed by atoms with Crippen molar-refractivity contribution in [3.63, 3.8) is 0 Å². The molecular formula is C8H13NO3. The van der Waals surface area contributed by atoms with Crippen LogP contribution in [0.15, 0.2) is 0 Å². The van der Waals surface area contributed by atoms with E-state index in [1.54, 1.807) is 7.11 Å². The second-order valence-corrected chi connectivity index (χ2v) is 3.52. The summed E-state index contributed by atoms with van der Waals surface area (Å²) in [6.07, 6.45) is 0. The Balaban J connectivity index is 1.98. The van der Waals surface area contributed by atoms with Gasteiger partial charge in [0.1, 0.15) is 0 Å². The zero-order valence-electron chi connectivity index (χ0n) is 6.99. The molecule has 1 aliphatic heterocycles. The first kappa shape index (κ1) is 8.01. The number of rotatable bonds is 3. The molecule has 12 heavy (non-hydrogen) atoms. The molecule has 0 aromatic heterocycles. The van der Waals surface area contributed by atoms with E-state index in [0.717, 1.165) is 0 Å². The van der Waals surface area contributed by atoms with E-state index in [-0.39, 0.29) is 24.5 Å². The van der Waals surface area contributed by atoms with Crippen molar-refractivity contribution in [1.82, 2.24) is 5.32 Å². The van der Waals surface area contributed by atoms with Gasteiger partial charge in [0, 0.05) is 13.0 Å². The van der Waals surface area contributed by atoms with E-state index in [0.29, 0.717) is 18.4 Å². The van der Waals surface area contributed by atoms with Crippen LogP contribution in [0.3, 0.4) is 0 Å². The first-order chi connectivity index (χ1) is 5.79. The second-order valence-electron chi connectivity index (χ2n) is 3.52. The van der Waals surface area contributed by atoms with Crippen molar-refractivity contribution in [2.45, 2.75) is 6.04 Å². The number of fused-ring (bicyclic) bond motifs is 1. The van der Waals surface area contributed by atoms with E-state index in [1.807, 2.05) is 0 Å². The van der Waals surface area contributed by atoms with E-state index in [1.165, 1.54) is 0 Å². The van der Waals surface area contributed by atoms with Crippen molar-refractivity contribution in [3.8, 4) is 0 Å². The highest BCUT2D eigenvalue weighted by Crippen LogP contribution is 2.52. The van der Waals surface area contributed by atoms with Crippen LogP contribution < -0.4 is 5.32 Å². The number of amides is 1. The average molecular weight is 171 g/mol. The van der Waals surface area contributed by atoms with Crippen LogP contribution in [-0.2, 0) is 9.53 Å². The standard InChI is InChI=1S/C8H13NO3/c1-12-3-4-6-5(2-10)9-8(11)7(4)6/h4-7,10H,2-3H2,1H3,(H,9,11)/t4-,5-,6-,7?/m1/s1. The van der Waals surface area contributed by atoms with Gasteiger partial charge in [-0.25, -0.2) is 0 Å². The van der Waals surface area contributed by atoms with Gasteiger partial charge in [0.15, 0.2) is 0 Å². The van der Waals surface area contributed by atoms with Crippen LogP contribution in [0, 0.1) is 17.8 Å². The van der Waals surface area contributed by atoms with Crippen LogP contribution in [0.5, 0.6) is 0 Å².